The lowest BCUT2D eigenvalue weighted by Gasteiger charge is -2.24. The zero-order valence-corrected chi connectivity index (χ0v) is 13.4. The second kappa shape index (κ2) is 8.43. The number of hydrogen-bond acceptors (Lipinski definition) is 2. The van der Waals surface area contributed by atoms with Crippen molar-refractivity contribution in [1.29, 1.82) is 0 Å². The summed E-state index contributed by atoms with van der Waals surface area (Å²) in [6.45, 7) is 6.20. The summed E-state index contributed by atoms with van der Waals surface area (Å²) in [6, 6.07) is 6.41. The lowest BCUT2D eigenvalue weighted by molar-refractivity contribution is 0.0901. The van der Waals surface area contributed by atoms with Gasteiger partial charge in [0, 0.05) is 18.0 Å². The molecule has 0 heterocycles. The molecule has 20 heavy (non-hydrogen) atoms. The molecule has 2 nitrogen and oxygen atoms in total. The minimum atomic E-state index is 0. The Morgan fingerprint density at radius 3 is 2.80 bits per heavy atom. The van der Waals surface area contributed by atoms with E-state index < -0.39 is 0 Å². The van der Waals surface area contributed by atoms with Crippen molar-refractivity contribution in [3.8, 4) is 0 Å². The molecule has 1 N–H and O–H groups in total. The smallest absolute Gasteiger partial charge is 0.167 e. The highest BCUT2D eigenvalue weighted by Crippen LogP contribution is 2.26. The van der Waals surface area contributed by atoms with Crippen molar-refractivity contribution >= 4 is 18.2 Å². The standard InChI is InChI=1S/C17H25NO.ClH/c1-3-5-10-18-12-15-9-8-14-7-6-13(4-2)11-16(14)17(15)19;/h6-7,11,15,18H,3-5,8-10,12H2,1-2H3;1H. The Hall–Kier alpha value is -0.860. The number of carbonyl (C=O) groups excluding carboxylic acids is 1. The van der Waals surface area contributed by atoms with Gasteiger partial charge in [0.1, 0.15) is 0 Å². The van der Waals surface area contributed by atoms with E-state index in [1.807, 2.05) is 0 Å². The number of rotatable bonds is 6. The fraction of sp³-hybridized carbons (Fsp3) is 0.588. The lowest BCUT2D eigenvalue weighted by Crippen LogP contribution is -2.32. The first kappa shape index (κ1) is 17.2. The average molecular weight is 296 g/mol. The molecule has 1 aromatic rings. The molecule has 1 aliphatic carbocycles. The molecule has 0 saturated heterocycles. The third-order valence-corrected chi connectivity index (χ3v) is 4.08. The van der Waals surface area contributed by atoms with Crippen LogP contribution in [0.3, 0.4) is 0 Å². The molecule has 1 aliphatic rings. The van der Waals surface area contributed by atoms with Crippen LogP contribution in [0, 0.1) is 5.92 Å². The molecule has 112 valence electrons. The number of fused-ring (bicyclic) bond motifs is 1. The monoisotopic (exact) mass is 295 g/mol. The van der Waals surface area contributed by atoms with Crippen LogP contribution in [0.5, 0.6) is 0 Å². The van der Waals surface area contributed by atoms with Crippen LogP contribution in [-0.2, 0) is 12.8 Å². The Morgan fingerprint density at radius 2 is 2.10 bits per heavy atom. The number of aryl methyl sites for hydroxylation is 2. The molecule has 0 bridgehead atoms. The molecule has 3 heteroatoms. The summed E-state index contributed by atoms with van der Waals surface area (Å²) in [5.41, 5.74) is 3.49. The molecular weight excluding hydrogens is 270 g/mol. The molecule has 0 spiro atoms. The van der Waals surface area contributed by atoms with Crippen LogP contribution in [-0.4, -0.2) is 18.9 Å². The quantitative estimate of drug-likeness (QED) is 0.809. The maximum Gasteiger partial charge on any atom is 0.167 e. The number of unbranched alkanes of at least 4 members (excludes halogenated alkanes) is 1. The first-order valence-electron chi connectivity index (χ1n) is 7.63. The maximum absolute atomic E-state index is 12.5. The van der Waals surface area contributed by atoms with Gasteiger partial charge in [0.15, 0.2) is 5.78 Å². The van der Waals surface area contributed by atoms with Crippen LogP contribution in [0.4, 0.5) is 0 Å². The Balaban J connectivity index is 0.00000200. The Morgan fingerprint density at radius 1 is 1.30 bits per heavy atom. The molecule has 1 atom stereocenters. The van der Waals surface area contributed by atoms with E-state index in [-0.39, 0.29) is 18.3 Å². The number of nitrogens with one attached hydrogen (secondary N) is 1. The van der Waals surface area contributed by atoms with Crippen molar-refractivity contribution in [2.24, 2.45) is 5.92 Å². The third kappa shape index (κ3) is 4.07. The van der Waals surface area contributed by atoms with Crippen LogP contribution in [0.2, 0.25) is 0 Å². The van der Waals surface area contributed by atoms with Crippen LogP contribution in [0.15, 0.2) is 18.2 Å². The normalized spacial score (nSPS) is 17.5. The van der Waals surface area contributed by atoms with E-state index in [1.54, 1.807) is 0 Å². The predicted molar refractivity (Wildman–Crippen MR) is 87.0 cm³/mol. The van der Waals surface area contributed by atoms with Crippen molar-refractivity contribution in [1.82, 2.24) is 5.32 Å². The lowest BCUT2D eigenvalue weighted by atomic mass is 9.82. The van der Waals surface area contributed by atoms with Crippen molar-refractivity contribution < 1.29 is 4.79 Å². The molecule has 1 aromatic carbocycles. The third-order valence-electron chi connectivity index (χ3n) is 4.08. The van der Waals surface area contributed by atoms with Crippen molar-refractivity contribution in [3.63, 3.8) is 0 Å². The predicted octanol–water partition coefficient (Wildman–Crippen LogP) is 3.81. The van der Waals surface area contributed by atoms with Gasteiger partial charge in [-0.1, -0.05) is 32.4 Å². The summed E-state index contributed by atoms with van der Waals surface area (Å²) in [7, 11) is 0. The largest absolute Gasteiger partial charge is 0.316 e. The number of carbonyl (C=O) groups is 1. The average Bonchev–Trinajstić information content (AvgIpc) is 2.45. The zero-order valence-electron chi connectivity index (χ0n) is 12.6. The highest BCUT2D eigenvalue weighted by Gasteiger charge is 2.26. The molecule has 0 saturated carbocycles. The van der Waals surface area contributed by atoms with Gasteiger partial charge >= 0.3 is 0 Å². The molecule has 0 fully saturated rings. The second-order valence-corrected chi connectivity index (χ2v) is 5.50. The van der Waals surface area contributed by atoms with Gasteiger partial charge in [-0.2, -0.15) is 0 Å². The maximum atomic E-state index is 12.5. The fourth-order valence-electron chi connectivity index (χ4n) is 2.74. The summed E-state index contributed by atoms with van der Waals surface area (Å²) in [5.74, 6) is 0.525. The molecule has 0 amide bonds. The van der Waals surface area contributed by atoms with E-state index in [0.29, 0.717) is 5.78 Å². The summed E-state index contributed by atoms with van der Waals surface area (Å²) >= 11 is 0. The van der Waals surface area contributed by atoms with E-state index in [9.17, 15) is 4.79 Å². The van der Waals surface area contributed by atoms with Gasteiger partial charge in [-0.25, -0.2) is 0 Å². The second-order valence-electron chi connectivity index (χ2n) is 5.50. The number of halogens is 1. The fourth-order valence-corrected chi connectivity index (χ4v) is 2.74. The summed E-state index contributed by atoms with van der Waals surface area (Å²) < 4.78 is 0. The topological polar surface area (TPSA) is 29.1 Å². The zero-order chi connectivity index (χ0) is 13.7. The van der Waals surface area contributed by atoms with E-state index >= 15 is 0 Å². The SMILES string of the molecule is CCCCNCC1CCc2ccc(CC)cc2C1=O.Cl. The highest BCUT2D eigenvalue weighted by atomic mass is 35.5. The first-order chi connectivity index (χ1) is 9.26. The van der Waals surface area contributed by atoms with E-state index in [0.717, 1.165) is 37.9 Å². The van der Waals surface area contributed by atoms with E-state index in [4.69, 9.17) is 0 Å². The number of benzene rings is 1. The molecule has 0 aromatic heterocycles. The Bertz CT molecular complexity index is 445. The van der Waals surface area contributed by atoms with Gasteiger partial charge in [0.25, 0.3) is 0 Å². The van der Waals surface area contributed by atoms with Gasteiger partial charge in [-0.15, -0.1) is 12.4 Å². The van der Waals surface area contributed by atoms with Crippen LogP contribution >= 0.6 is 12.4 Å². The molecule has 0 radical (unpaired) electrons. The van der Waals surface area contributed by atoms with Crippen molar-refractivity contribution in [2.45, 2.75) is 46.0 Å². The van der Waals surface area contributed by atoms with E-state index in [2.05, 4.69) is 37.4 Å². The summed E-state index contributed by atoms with van der Waals surface area (Å²) in [6.07, 6.45) is 5.44. The summed E-state index contributed by atoms with van der Waals surface area (Å²) in [4.78, 5) is 12.5. The number of hydrogen-bond donors (Lipinski definition) is 1. The van der Waals surface area contributed by atoms with Crippen LogP contribution in [0.25, 0.3) is 0 Å². The van der Waals surface area contributed by atoms with Gasteiger partial charge < -0.3 is 5.32 Å². The first-order valence-corrected chi connectivity index (χ1v) is 7.63. The number of Topliss-reactive ketones (excluding diaryl/α,β-unsaturated/α-hetero) is 1. The summed E-state index contributed by atoms with van der Waals surface area (Å²) in [5, 5.41) is 3.43. The molecular formula is C17H26ClNO. The van der Waals surface area contributed by atoms with Gasteiger partial charge in [0.2, 0.25) is 0 Å². The Labute approximate surface area is 128 Å². The molecule has 0 aliphatic heterocycles. The van der Waals surface area contributed by atoms with Crippen LogP contribution in [0.1, 0.15) is 54.6 Å². The Kier molecular flexibility index (Phi) is 7.25. The number of ketones is 1. The van der Waals surface area contributed by atoms with Crippen molar-refractivity contribution in [3.05, 3.63) is 34.9 Å². The molecule has 1 unspecified atom stereocenters. The minimum Gasteiger partial charge on any atom is -0.316 e. The van der Waals surface area contributed by atoms with Crippen molar-refractivity contribution in [2.75, 3.05) is 13.1 Å². The minimum absolute atomic E-state index is 0. The van der Waals surface area contributed by atoms with Crippen LogP contribution < -0.4 is 5.32 Å². The van der Waals surface area contributed by atoms with Gasteiger partial charge in [-0.05, 0) is 49.4 Å². The van der Waals surface area contributed by atoms with Gasteiger partial charge in [-0.3, -0.25) is 4.79 Å². The van der Waals surface area contributed by atoms with Gasteiger partial charge in [0.05, 0.1) is 0 Å². The molecule has 2 rings (SSSR count). The van der Waals surface area contributed by atoms with E-state index in [1.165, 1.54) is 24.0 Å². The highest BCUT2D eigenvalue weighted by molar-refractivity contribution is 6.00.